The second-order valence-corrected chi connectivity index (χ2v) is 14.5. The van der Waals surface area contributed by atoms with Crippen LogP contribution >= 0.6 is 0 Å². The highest BCUT2D eigenvalue weighted by Crippen LogP contribution is 2.53. The van der Waals surface area contributed by atoms with Gasteiger partial charge in [0.05, 0.1) is 23.5 Å². The van der Waals surface area contributed by atoms with Gasteiger partial charge in [-0.3, -0.25) is 14.6 Å². The predicted molar refractivity (Wildman–Crippen MR) is 163 cm³/mol. The molecule has 4 atom stereocenters. The molecule has 1 aromatic rings. The van der Waals surface area contributed by atoms with Gasteiger partial charge in [-0.25, -0.2) is 23.5 Å². The van der Waals surface area contributed by atoms with Crippen LogP contribution in [0.3, 0.4) is 0 Å². The second kappa shape index (κ2) is 12.4. The van der Waals surface area contributed by atoms with Crippen LogP contribution in [0.1, 0.15) is 80.5 Å². The van der Waals surface area contributed by atoms with Crippen molar-refractivity contribution in [2.45, 2.75) is 90.2 Å². The normalized spacial score (nSPS) is 30.1. The van der Waals surface area contributed by atoms with Gasteiger partial charge in [0.1, 0.15) is 11.9 Å². The summed E-state index contributed by atoms with van der Waals surface area (Å²) in [4.78, 5) is 43.6. The van der Waals surface area contributed by atoms with E-state index in [4.69, 9.17) is 4.74 Å². The SMILES string of the molecule is CCCC[C@H]1CN(CC2[C@H]3CN(CC(F)F)C[C@@H]23)C(=O)OC12CCN(C1(C)CCN(C(=O)c3c(C)ncnc3C)CC1)CC2. The first kappa shape index (κ1) is 31.6. The monoisotopic (exact) mass is 616 g/mol. The van der Waals surface area contributed by atoms with Gasteiger partial charge in [-0.15, -0.1) is 0 Å². The van der Waals surface area contributed by atoms with Gasteiger partial charge in [0.2, 0.25) is 0 Å². The number of hydrogen-bond acceptors (Lipinski definition) is 7. The third kappa shape index (κ3) is 6.07. The van der Waals surface area contributed by atoms with Crippen molar-refractivity contribution >= 4 is 12.0 Å². The fourth-order valence-corrected chi connectivity index (χ4v) is 8.89. The number of aromatic nitrogens is 2. The number of carbonyl (C=O) groups is 2. The molecule has 44 heavy (non-hydrogen) atoms. The van der Waals surface area contributed by atoms with Gasteiger partial charge < -0.3 is 14.5 Å². The molecule has 5 aliphatic rings. The van der Waals surface area contributed by atoms with Crippen LogP contribution in [0.25, 0.3) is 0 Å². The minimum absolute atomic E-state index is 0.00124. The highest BCUT2D eigenvalue weighted by atomic mass is 19.3. The van der Waals surface area contributed by atoms with Gasteiger partial charge in [-0.1, -0.05) is 19.8 Å². The van der Waals surface area contributed by atoms with Gasteiger partial charge in [0, 0.05) is 76.7 Å². The molecule has 1 spiro atoms. The van der Waals surface area contributed by atoms with E-state index in [2.05, 4.69) is 28.7 Å². The Labute approximate surface area is 260 Å². The van der Waals surface area contributed by atoms with Crippen molar-refractivity contribution in [2.75, 3.05) is 58.9 Å². The molecule has 2 amide bonds. The largest absolute Gasteiger partial charge is 0.442 e. The van der Waals surface area contributed by atoms with E-state index in [1.54, 1.807) is 0 Å². The van der Waals surface area contributed by atoms with E-state index >= 15 is 0 Å². The molecule has 1 unspecified atom stereocenters. The molecule has 0 radical (unpaired) electrons. The fourth-order valence-electron chi connectivity index (χ4n) is 8.89. The Bertz CT molecular complexity index is 1180. The molecule has 0 aromatic carbocycles. The van der Waals surface area contributed by atoms with E-state index in [-0.39, 0.29) is 24.1 Å². The lowest BCUT2D eigenvalue weighted by Gasteiger charge is -2.55. The Kier molecular flexibility index (Phi) is 8.91. The molecule has 1 saturated carbocycles. The van der Waals surface area contributed by atoms with Crippen LogP contribution < -0.4 is 0 Å². The molecule has 11 heteroatoms. The van der Waals surface area contributed by atoms with Gasteiger partial charge in [-0.2, -0.15) is 0 Å². The number of amides is 2. The fraction of sp³-hybridized carbons (Fsp3) is 0.818. The lowest BCUT2D eigenvalue weighted by atomic mass is 9.74. The summed E-state index contributed by atoms with van der Waals surface area (Å²) in [7, 11) is 0. The van der Waals surface area contributed by atoms with Crippen LogP contribution in [0.4, 0.5) is 13.6 Å². The molecule has 9 nitrogen and oxygen atoms in total. The van der Waals surface area contributed by atoms with E-state index in [9.17, 15) is 18.4 Å². The zero-order valence-corrected chi connectivity index (χ0v) is 26.9. The molecule has 1 aromatic heterocycles. The molecule has 0 bridgehead atoms. The average molecular weight is 617 g/mol. The van der Waals surface area contributed by atoms with Crippen molar-refractivity contribution < 1.29 is 23.1 Å². The number of fused-ring (bicyclic) bond motifs is 1. The van der Waals surface area contributed by atoms with Crippen molar-refractivity contribution in [3.05, 3.63) is 23.3 Å². The number of ether oxygens (including phenoxy) is 1. The number of piperidine rings is 3. The zero-order valence-electron chi connectivity index (χ0n) is 26.9. The standard InChI is InChI=1S/C33H50F2N6O3/c1-5-6-7-24-16-40(19-27-25-17-38(18-26(25)27)20-28(34)35)31(43)44-33(24)10-14-41(15-11-33)32(4)8-12-39(13-9-32)30(42)29-22(2)36-21-37-23(29)3/h21,24-28H,5-20H2,1-4H3/t24-,25-,26+,27?/m0/s1. The summed E-state index contributed by atoms with van der Waals surface area (Å²) in [5.74, 6) is 1.62. The number of unbranched alkanes of at least 4 members (excludes halogenated alkanes) is 1. The van der Waals surface area contributed by atoms with Gasteiger partial charge in [-0.05, 0) is 57.8 Å². The maximum absolute atomic E-state index is 13.4. The maximum Gasteiger partial charge on any atom is 0.410 e. The Morgan fingerprint density at radius 2 is 1.66 bits per heavy atom. The van der Waals surface area contributed by atoms with Crippen molar-refractivity contribution in [3.8, 4) is 0 Å². The Morgan fingerprint density at radius 3 is 2.25 bits per heavy atom. The van der Waals surface area contributed by atoms with E-state index in [0.29, 0.717) is 48.9 Å². The number of aryl methyl sites for hydroxylation is 2. The average Bonchev–Trinajstić information content (AvgIpc) is 3.42. The lowest BCUT2D eigenvalue weighted by Crippen LogP contribution is -2.63. The third-order valence-electron chi connectivity index (χ3n) is 11.9. The second-order valence-electron chi connectivity index (χ2n) is 14.5. The molecule has 5 heterocycles. The van der Waals surface area contributed by atoms with Gasteiger partial charge in [0.15, 0.2) is 0 Å². The number of alkyl halides is 2. The minimum Gasteiger partial charge on any atom is -0.442 e. The lowest BCUT2D eigenvalue weighted by molar-refractivity contribution is -0.133. The van der Waals surface area contributed by atoms with E-state index < -0.39 is 12.0 Å². The third-order valence-corrected chi connectivity index (χ3v) is 11.9. The van der Waals surface area contributed by atoms with Gasteiger partial charge >= 0.3 is 6.09 Å². The molecule has 6 rings (SSSR count). The summed E-state index contributed by atoms with van der Waals surface area (Å²) in [5.41, 5.74) is 1.67. The Balaban J connectivity index is 1.04. The van der Waals surface area contributed by atoms with Crippen molar-refractivity contribution in [1.82, 2.24) is 29.6 Å². The molecular formula is C33H50F2N6O3. The molecule has 0 N–H and O–H groups in total. The Hall–Kier alpha value is -2.40. The summed E-state index contributed by atoms with van der Waals surface area (Å²) in [6.07, 6.45) is 5.82. The van der Waals surface area contributed by atoms with Crippen LogP contribution in [0.15, 0.2) is 6.33 Å². The van der Waals surface area contributed by atoms with Gasteiger partial charge in [0.25, 0.3) is 12.3 Å². The topological polar surface area (TPSA) is 82.1 Å². The molecule has 1 aliphatic carbocycles. The smallest absolute Gasteiger partial charge is 0.410 e. The first-order valence-corrected chi connectivity index (χ1v) is 16.8. The maximum atomic E-state index is 13.4. The molecule has 5 fully saturated rings. The van der Waals surface area contributed by atoms with E-state index in [1.165, 1.54) is 6.33 Å². The molecular weight excluding hydrogens is 566 g/mol. The number of rotatable bonds is 9. The number of halogens is 2. The summed E-state index contributed by atoms with van der Waals surface area (Å²) in [5, 5.41) is 0. The van der Waals surface area contributed by atoms with E-state index in [0.717, 1.165) is 89.1 Å². The first-order valence-electron chi connectivity index (χ1n) is 16.8. The molecule has 244 valence electrons. The summed E-state index contributed by atoms with van der Waals surface area (Å²) in [6.45, 7) is 14.2. The number of likely N-dealkylation sites (tertiary alicyclic amines) is 3. The van der Waals surface area contributed by atoms with E-state index in [1.807, 2.05) is 28.5 Å². The van der Waals surface area contributed by atoms with Crippen LogP contribution in [-0.4, -0.2) is 118 Å². The molecule has 4 aliphatic heterocycles. The quantitative estimate of drug-likeness (QED) is 0.401. The zero-order chi connectivity index (χ0) is 31.2. The highest BCUT2D eigenvalue weighted by molar-refractivity contribution is 5.96. The summed E-state index contributed by atoms with van der Waals surface area (Å²) in [6, 6.07) is 0. The number of hydrogen-bond donors (Lipinski definition) is 0. The predicted octanol–water partition coefficient (Wildman–Crippen LogP) is 4.62. The number of nitrogens with zero attached hydrogens (tertiary/aromatic N) is 6. The van der Waals surface area contributed by atoms with Crippen LogP contribution in [0, 0.1) is 37.5 Å². The Morgan fingerprint density at radius 1 is 1.02 bits per heavy atom. The first-order chi connectivity index (χ1) is 21.0. The van der Waals surface area contributed by atoms with Crippen molar-refractivity contribution in [1.29, 1.82) is 0 Å². The number of carbonyl (C=O) groups excluding carboxylic acids is 2. The van der Waals surface area contributed by atoms with Crippen LogP contribution in [-0.2, 0) is 4.74 Å². The van der Waals surface area contributed by atoms with Crippen molar-refractivity contribution in [2.24, 2.45) is 23.7 Å². The summed E-state index contributed by atoms with van der Waals surface area (Å²) < 4.78 is 32.1. The van der Waals surface area contributed by atoms with Crippen molar-refractivity contribution in [3.63, 3.8) is 0 Å². The van der Waals surface area contributed by atoms with Crippen LogP contribution in [0.2, 0.25) is 0 Å². The van der Waals surface area contributed by atoms with Crippen LogP contribution in [0.5, 0.6) is 0 Å². The highest BCUT2D eigenvalue weighted by Gasteiger charge is 2.58. The summed E-state index contributed by atoms with van der Waals surface area (Å²) >= 11 is 0. The minimum atomic E-state index is -2.28. The molecule has 4 saturated heterocycles.